The number of nitrogens with zero attached hydrogens (tertiary/aromatic N) is 1. The molecule has 0 aromatic carbocycles. The standard InChI is InChI=1S/C13H25NO2/c1-12(15)8-5-7-11-14-10-6-3-2-4-9-13(14)16/h12,15H,2-11H2,1H3. The van der Waals surface area contributed by atoms with Crippen molar-refractivity contribution in [2.45, 2.75) is 64.4 Å². The lowest BCUT2D eigenvalue weighted by atomic mass is 10.1. The third-order valence-corrected chi connectivity index (χ3v) is 3.22. The molecule has 1 fully saturated rings. The molecule has 1 aliphatic rings. The zero-order valence-electron chi connectivity index (χ0n) is 10.5. The number of hydrogen-bond donors (Lipinski definition) is 1. The summed E-state index contributed by atoms with van der Waals surface area (Å²) in [5.41, 5.74) is 0. The van der Waals surface area contributed by atoms with Gasteiger partial charge in [-0.3, -0.25) is 4.79 Å². The Hall–Kier alpha value is -0.570. The third kappa shape index (κ3) is 5.50. The van der Waals surface area contributed by atoms with Crippen LogP contribution in [0.25, 0.3) is 0 Å². The summed E-state index contributed by atoms with van der Waals surface area (Å²) in [4.78, 5) is 13.8. The summed E-state index contributed by atoms with van der Waals surface area (Å²) in [7, 11) is 0. The summed E-state index contributed by atoms with van der Waals surface area (Å²) in [6.07, 6.45) is 8.10. The normalized spacial score (nSPS) is 20.4. The molecule has 0 radical (unpaired) electrons. The number of carbonyl (C=O) groups excluding carboxylic acids is 1. The third-order valence-electron chi connectivity index (χ3n) is 3.22. The Bertz CT molecular complexity index is 204. The highest BCUT2D eigenvalue weighted by molar-refractivity contribution is 5.76. The number of hydrogen-bond acceptors (Lipinski definition) is 2. The summed E-state index contributed by atoms with van der Waals surface area (Å²) in [5, 5.41) is 9.14. The average Bonchev–Trinajstić information content (AvgIpc) is 2.21. The van der Waals surface area contributed by atoms with Crippen molar-refractivity contribution in [1.29, 1.82) is 0 Å². The Balaban J connectivity index is 2.19. The second-order valence-electron chi connectivity index (χ2n) is 4.89. The smallest absolute Gasteiger partial charge is 0.222 e. The van der Waals surface area contributed by atoms with Gasteiger partial charge in [0, 0.05) is 19.5 Å². The van der Waals surface area contributed by atoms with Gasteiger partial charge in [0.15, 0.2) is 0 Å². The summed E-state index contributed by atoms with van der Waals surface area (Å²) in [6.45, 7) is 3.64. The molecule has 0 aromatic rings. The number of carbonyl (C=O) groups is 1. The van der Waals surface area contributed by atoms with Gasteiger partial charge in [0.2, 0.25) is 5.91 Å². The summed E-state index contributed by atoms with van der Waals surface area (Å²) in [5.74, 6) is 0.330. The van der Waals surface area contributed by atoms with Crippen LogP contribution in [0.1, 0.15) is 58.3 Å². The highest BCUT2D eigenvalue weighted by Gasteiger charge is 2.14. The SMILES string of the molecule is CC(O)CCCCN1CCCCCCC1=O. The lowest BCUT2D eigenvalue weighted by Crippen LogP contribution is -2.33. The van der Waals surface area contributed by atoms with Crippen molar-refractivity contribution in [1.82, 2.24) is 4.90 Å². The highest BCUT2D eigenvalue weighted by atomic mass is 16.3. The van der Waals surface area contributed by atoms with Crippen LogP contribution in [-0.2, 0) is 4.79 Å². The van der Waals surface area contributed by atoms with Crippen molar-refractivity contribution in [3.63, 3.8) is 0 Å². The minimum Gasteiger partial charge on any atom is -0.393 e. The van der Waals surface area contributed by atoms with Gasteiger partial charge >= 0.3 is 0 Å². The second-order valence-corrected chi connectivity index (χ2v) is 4.89. The molecule has 1 rings (SSSR count). The van der Waals surface area contributed by atoms with Gasteiger partial charge in [-0.1, -0.05) is 12.8 Å². The molecule has 1 atom stereocenters. The molecular weight excluding hydrogens is 202 g/mol. The molecule has 1 aliphatic heterocycles. The Morgan fingerprint density at radius 2 is 2.00 bits per heavy atom. The largest absolute Gasteiger partial charge is 0.393 e. The first-order valence-electron chi connectivity index (χ1n) is 6.66. The Morgan fingerprint density at radius 3 is 2.75 bits per heavy atom. The maximum atomic E-state index is 11.8. The first-order chi connectivity index (χ1) is 7.70. The maximum Gasteiger partial charge on any atom is 0.222 e. The molecular formula is C13H25NO2. The van der Waals surface area contributed by atoms with Crippen LogP contribution in [0.3, 0.4) is 0 Å². The topological polar surface area (TPSA) is 40.5 Å². The van der Waals surface area contributed by atoms with Crippen molar-refractivity contribution in [2.24, 2.45) is 0 Å². The molecule has 1 N–H and O–H groups in total. The first-order valence-corrected chi connectivity index (χ1v) is 6.66. The predicted octanol–water partition coefficient (Wildman–Crippen LogP) is 2.33. The van der Waals surface area contributed by atoms with Crippen molar-refractivity contribution >= 4 is 5.91 Å². The quantitative estimate of drug-likeness (QED) is 0.732. The van der Waals surface area contributed by atoms with Crippen LogP contribution in [0.5, 0.6) is 0 Å². The van der Waals surface area contributed by atoms with Crippen LogP contribution in [0, 0.1) is 0 Å². The van der Waals surface area contributed by atoms with Gasteiger partial charge in [-0.25, -0.2) is 0 Å². The maximum absolute atomic E-state index is 11.8. The summed E-state index contributed by atoms with van der Waals surface area (Å²) in [6, 6.07) is 0. The van der Waals surface area contributed by atoms with Crippen LogP contribution in [0.15, 0.2) is 0 Å². The fourth-order valence-electron chi connectivity index (χ4n) is 2.19. The minimum absolute atomic E-state index is 0.206. The molecule has 1 amide bonds. The van der Waals surface area contributed by atoms with Crippen molar-refractivity contribution in [3.05, 3.63) is 0 Å². The van der Waals surface area contributed by atoms with Gasteiger partial charge in [-0.15, -0.1) is 0 Å². The minimum atomic E-state index is -0.206. The van der Waals surface area contributed by atoms with Crippen molar-refractivity contribution in [3.8, 4) is 0 Å². The molecule has 0 spiro atoms. The molecule has 1 heterocycles. The van der Waals surface area contributed by atoms with E-state index in [1.807, 2.05) is 11.8 Å². The summed E-state index contributed by atoms with van der Waals surface area (Å²) < 4.78 is 0. The molecule has 0 aromatic heterocycles. The fourth-order valence-corrected chi connectivity index (χ4v) is 2.19. The van der Waals surface area contributed by atoms with E-state index >= 15 is 0 Å². The van der Waals surface area contributed by atoms with Crippen LogP contribution in [0.2, 0.25) is 0 Å². The van der Waals surface area contributed by atoms with E-state index < -0.39 is 0 Å². The molecule has 0 aliphatic carbocycles. The second kappa shape index (κ2) is 7.66. The molecule has 94 valence electrons. The predicted molar refractivity (Wildman–Crippen MR) is 65.2 cm³/mol. The fraction of sp³-hybridized carbons (Fsp3) is 0.923. The number of unbranched alkanes of at least 4 members (excludes halogenated alkanes) is 1. The number of aliphatic hydroxyl groups is 1. The van der Waals surface area contributed by atoms with E-state index in [1.165, 1.54) is 12.8 Å². The zero-order chi connectivity index (χ0) is 11.8. The zero-order valence-corrected chi connectivity index (χ0v) is 10.5. The van der Waals surface area contributed by atoms with Crippen LogP contribution >= 0.6 is 0 Å². The molecule has 1 unspecified atom stereocenters. The average molecular weight is 227 g/mol. The van der Waals surface area contributed by atoms with Crippen LogP contribution < -0.4 is 0 Å². The van der Waals surface area contributed by atoms with Gasteiger partial charge in [0.25, 0.3) is 0 Å². The van der Waals surface area contributed by atoms with Gasteiger partial charge in [0.1, 0.15) is 0 Å². The molecule has 0 bridgehead atoms. The van der Waals surface area contributed by atoms with E-state index in [2.05, 4.69) is 0 Å². The van der Waals surface area contributed by atoms with Gasteiger partial charge in [-0.2, -0.15) is 0 Å². The number of amides is 1. The Morgan fingerprint density at radius 1 is 1.25 bits per heavy atom. The van der Waals surface area contributed by atoms with Gasteiger partial charge in [-0.05, 0) is 39.0 Å². The van der Waals surface area contributed by atoms with E-state index in [9.17, 15) is 4.79 Å². The number of rotatable bonds is 5. The van der Waals surface area contributed by atoms with E-state index in [1.54, 1.807) is 0 Å². The highest BCUT2D eigenvalue weighted by Crippen LogP contribution is 2.12. The lowest BCUT2D eigenvalue weighted by molar-refractivity contribution is -0.131. The Labute approximate surface area is 98.8 Å². The van der Waals surface area contributed by atoms with E-state index in [0.717, 1.165) is 51.6 Å². The monoisotopic (exact) mass is 227 g/mol. The Kier molecular flexibility index (Phi) is 6.46. The number of likely N-dealkylation sites (tertiary alicyclic amines) is 1. The molecule has 0 saturated carbocycles. The van der Waals surface area contributed by atoms with Crippen LogP contribution in [0.4, 0.5) is 0 Å². The van der Waals surface area contributed by atoms with E-state index in [4.69, 9.17) is 5.11 Å². The van der Waals surface area contributed by atoms with Gasteiger partial charge < -0.3 is 10.0 Å². The van der Waals surface area contributed by atoms with E-state index in [-0.39, 0.29) is 6.10 Å². The molecule has 3 heteroatoms. The number of aliphatic hydroxyl groups excluding tert-OH is 1. The van der Waals surface area contributed by atoms with Gasteiger partial charge in [0.05, 0.1) is 6.10 Å². The van der Waals surface area contributed by atoms with Crippen molar-refractivity contribution in [2.75, 3.05) is 13.1 Å². The molecule has 3 nitrogen and oxygen atoms in total. The van der Waals surface area contributed by atoms with Crippen molar-refractivity contribution < 1.29 is 9.90 Å². The first kappa shape index (κ1) is 13.5. The lowest BCUT2D eigenvalue weighted by Gasteiger charge is -2.24. The van der Waals surface area contributed by atoms with Crippen LogP contribution in [-0.4, -0.2) is 35.1 Å². The molecule has 16 heavy (non-hydrogen) atoms. The summed E-state index contributed by atoms with van der Waals surface area (Å²) >= 11 is 0. The molecule has 1 saturated heterocycles. The van der Waals surface area contributed by atoms with E-state index in [0.29, 0.717) is 5.91 Å².